The number of amides is 2. The molecule has 0 unspecified atom stereocenters. The van der Waals surface area contributed by atoms with E-state index >= 15 is 0 Å². The van der Waals surface area contributed by atoms with E-state index in [9.17, 15) is 29.6 Å². The average molecular weight is 363 g/mol. The Kier molecular flexibility index (Phi) is 4.60. The van der Waals surface area contributed by atoms with Gasteiger partial charge in [-0.15, -0.1) is 0 Å². The van der Waals surface area contributed by atoms with Crippen LogP contribution in [0.25, 0.3) is 0 Å². The van der Waals surface area contributed by atoms with E-state index < -0.39 is 46.8 Å². The fourth-order valence-corrected chi connectivity index (χ4v) is 3.60. The monoisotopic (exact) mass is 363 g/mol. The van der Waals surface area contributed by atoms with Crippen LogP contribution >= 0.6 is 0 Å². The molecule has 2 aliphatic heterocycles. The fourth-order valence-electron chi connectivity index (χ4n) is 3.60. The van der Waals surface area contributed by atoms with Gasteiger partial charge < -0.3 is 9.84 Å². The number of fused-ring (bicyclic) bond motifs is 2. The van der Waals surface area contributed by atoms with Crippen LogP contribution in [0.15, 0.2) is 18.2 Å². The van der Waals surface area contributed by atoms with E-state index in [0.29, 0.717) is 18.4 Å². The third kappa shape index (κ3) is 3.10. The molecule has 1 aromatic carbocycles. The molecule has 1 aromatic rings. The lowest BCUT2D eigenvalue weighted by Gasteiger charge is -2.23. The van der Waals surface area contributed by atoms with Crippen LogP contribution in [0.4, 0.5) is 5.69 Å². The predicted octanol–water partition coefficient (Wildman–Crippen LogP) is 0.542. The van der Waals surface area contributed by atoms with Crippen molar-refractivity contribution in [3.8, 4) is 0 Å². The topological polar surface area (TPSA) is 148 Å². The van der Waals surface area contributed by atoms with Gasteiger partial charge in [-0.1, -0.05) is 0 Å². The maximum absolute atomic E-state index is 12.3. The summed E-state index contributed by atoms with van der Waals surface area (Å²) in [4.78, 5) is 46.1. The first-order valence-electron chi connectivity index (χ1n) is 8.03. The summed E-state index contributed by atoms with van der Waals surface area (Å²) < 4.78 is 5.50. The Hall–Kier alpha value is -3.01. The molecule has 0 aliphatic carbocycles. The summed E-state index contributed by atoms with van der Waals surface area (Å²) in [6, 6.07) is 3.81. The highest BCUT2D eigenvalue weighted by molar-refractivity contribution is 5.96. The smallest absolute Gasteiger partial charge is 0.310 e. The van der Waals surface area contributed by atoms with Gasteiger partial charge in [0.05, 0.1) is 29.0 Å². The van der Waals surface area contributed by atoms with Crippen LogP contribution in [0.2, 0.25) is 0 Å². The molecule has 2 amide bonds. The van der Waals surface area contributed by atoms with E-state index in [2.05, 4.69) is 10.9 Å². The number of benzene rings is 1. The second kappa shape index (κ2) is 6.71. The van der Waals surface area contributed by atoms with Gasteiger partial charge in [-0.3, -0.25) is 35.3 Å². The van der Waals surface area contributed by atoms with E-state index in [4.69, 9.17) is 4.74 Å². The predicted molar refractivity (Wildman–Crippen MR) is 86.0 cm³/mol. The fraction of sp³-hybridized carbons (Fsp3) is 0.438. The number of hydrogen-bond donors (Lipinski definition) is 3. The van der Waals surface area contributed by atoms with Gasteiger partial charge in [0, 0.05) is 17.2 Å². The van der Waals surface area contributed by atoms with Crippen LogP contribution in [0, 0.1) is 28.9 Å². The van der Waals surface area contributed by atoms with Crippen molar-refractivity contribution in [2.75, 3.05) is 0 Å². The maximum Gasteiger partial charge on any atom is 0.310 e. The zero-order valence-corrected chi connectivity index (χ0v) is 13.8. The van der Waals surface area contributed by atoms with Crippen LogP contribution < -0.4 is 10.9 Å². The number of aryl methyl sites for hydroxylation is 1. The van der Waals surface area contributed by atoms with E-state index in [1.165, 1.54) is 25.1 Å². The molecular weight excluding hydrogens is 346 g/mol. The van der Waals surface area contributed by atoms with E-state index in [-0.39, 0.29) is 11.3 Å². The Morgan fingerprint density at radius 3 is 2.42 bits per heavy atom. The summed E-state index contributed by atoms with van der Waals surface area (Å²) in [6.45, 7) is 1.50. The van der Waals surface area contributed by atoms with Crippen molar-refractivity contribution in [3.05, 3.63) is 39.4 Å². The van der Waals surface area contributed by atoms with E-state index in [1.54, 1.807) is 0 Å². The third-order valence-electron chi connectivity index (χ3n) is 4.82. The van der Waals surface area contributed by atoms with Gasteiger partial charge in [0.1, 0.15) is 0 Å². The zero-order valence-electron chi connectivity index (χ0n) is 13.8. The number of carboxylic acid groups (broad SMARTS) is 1. The first-order chi connectivity index (χ1) is 12.3. The zero-order chi connectivity index (χ0) is 19.0. The minimum Gasteiger partial charge on any atom is -0.481 e. The Bertz CT molecular complexity index is 794. The molecular formula is C16H17N3O7. The van der Waals surface area contributed by atoms with Crippen molar-refractivity contribution in [2.45, 2.75) is 32.0 Å². The van der Waals surface area contributed by atoms with Crippen molar-refractivity contribution in [1.82, 2.24) is 10.9 Å². The largest absolute Gasteiger partial charge is 0.481 e. The number of ether oxygens (including phenoxy) is 1. The Morgan fingerprint density at radius 2 is 1.85 bits per heavy atom. The summed E-state index contributed by atoms with van der Waals surface area (Å²) in [7, 11) is 0. The SMILES string of the molecule is Cc1cc(C(=O)NNC(=O)[C@@H]2[C@@H](C(=O)O)[C@H]3CC[C@H]2O3)ccc1[N+](=O)[O-]. The molecule has 3 N–H and O–H groups in total. The van der Waals surface area contributed by atoms with Crippen LogP contribution in [0.1, 0.15) is 28.8 Å². The number of hydrazine groups is 1. The number of carbonyl (C=O) groups is 3. The Morgan fingerprint density at radius 1 is 1.19 bits per heavy atom. The van der Waals surface area contributed by atoms with Crippen LogP contribution in [0.3, 0.4) is 0 Å². The third-order valence-corrected chi connectivity index (χ3v) is 4.82. The van der Waals surface area contributed by atoms with Gasteiger partial charge in [-0.05, 0) is 31.9 Å². The lowest BCUT2D eigenvalue weighted by Crippen LogP contribution is -2.50. The van der Waals surface area contributed by atoms with E-state index in [0.717, 1.165) is 0 Å². The number of carboxylic acids is 1. The van der Waals surface area contributed by atoms with Gasteiger partial charge in [0.25, 0.3) is 11.6 Å². The Labute approximate surface area is 147 Å². The van der Waals surface area contributed by atoms with Crippen molar-refractivity contribution in [1.29, 1.82) is 0 Å². The number of nitrogens with zero attached hydrogens (tertiary/aromatic N) is 1. The quantitative estimate of drug-likeness (QED) is 0.522. The second-order valence-electron chi connectivity index (χ2n) is 6.38. The van der Waals surface area contributed by atoms with E-state index in [1.807, 2.05) is 0 Å². The number of nitrogens with one attached hydrogen (secondary N) is 2. The molecule has 2 heterocycles. The minimum absolute atomic E-state index is 0.117. The highest BCUT2D eigenvalue weighted by atomic mass is 16.6. The lowest BCUT2D eigenvalue weighted by molar-refractivity contribution is -0.385. The molecule has 2 aliphatic rings. The maximum atomic E-state index is 12.3. The van der Waals surface area contributed by atoms with Gasteiger partial charge in [0.2, 0.25) is 5.91 Å². The van der Waals surface area contributed by atoms with Crippen molar-refractivity contribution in [2.24, 2.45) is 11.8 Å². The van der Waals surface area contributed by atoms with Gasteiger partial charge in [0.15, 0.2) is 0 Å². The summed E-state index contributed by atoms with van der Waals surface area (Å²) in [6.07, 6.45) is 0.239. The molecule has 26 heavy (non-hydrogen) atoms. The minimum atomic E-state index is -1.10. The summed E-state index contributed by atoms with van der Waals surface area (Å²) in [5.74, 6) is -4.20. The van der Waals surface area contributed by atoms with Crippen molar-refractivity contribution < 1.29 is 29.2 Å². The summed E-state index contributed by atoms with van der Waals surface area (Å²) >= 11 is 0. The molecule has 2 saturated heterocycles. The lowest BCUT2D eigenvalue weighted by atomic mass is 9.79. The summed E-state index contributed by atoms with van der Waals surface area (Å²) in [5.41, 5.74) is 4.77. The molecule has 2 bridgehead atoms. The molecule has 0 radical (unpaired) electrons. The molecule has 4 atom stereocenters. The second-order valence-corrected chi connectivity index (χ2v) is 6.38. The molecule has 10 nitrogen and oxygen atoms in total. The highest BCUT2D eigenvalue weighted by Crippen LogP contribution is 2.43. The first-order valence-corrected chi connectivity index (χ1v) is 8.03. The molecule has 3 rings (SSSR count). The van der Waals surface area contributed by atoms with Crippen LogP contribution in [-0.2, 0) is 14.3 Å². The van der Waals surface area contributed by atoms with Crippen molar-refractivity contribution in [3.63, 3.8) is 0 Å². The van der Waals surface area contributed by atoms with Gasteiger partial charge in [-0.2, -0.15) is 0 Å². The molecule has 2 fully saturated rings. The number of nitro benzene ring substituents is 1. The van der Waals surface area contributed by atoms with Gasteiger partial charge in [-0.25, -0.2) is 0 Å². The molecule has 10 heteroatoms. The van der Waals surface area contributed by atoms with Gasteiger partial charge >= 0.3 is 5.97 Å². The molecule has 0 aromatic heterocycles. The van der Waals surface area contributed by atoms with Crippen molar-refractivity contribution >= 4 is 23.5 Å². The summed E-state index contributed by atoms with van der Waals surface area (Å²) in [5, 5.41) is 20.1. The number of hydrogen-bond acceptors (Lipinski definition) is 6. The molecule has 0 spiro atoms. The molecule has 138 valence electrons. The standard InChI is InChI=1S/C16H17N3O7/c1-7-6-8(2-3-9(7)19(24)25)14(20)17-18-15(21)12-10-4-5-11(26-10)13(12)16(22)23/h2-3,6,10-13H,4-5H2,1H3,(H,17,20)(H,18,21)(H,22,23)/t10-,11-,12+,13+/m1/s1. The number of nitro groups is 1. The average Bonchev–Trinajstić information content (AvgIpc) is 3.20. The normalized spacial score (nSPS) is 26.3. The highest BCUT2D eigenvalue weighted by Gasteiger charge is 2.55. The van der Waals surface area contributed by atoms with Crippen LogP contribution in [-0.4, -0.2) is 40.0 Å². The first kappa shape index (κ1) is 17.8. The number of rotatable bonds is 4. The number of aliphatic carboxylic acids is 1. The number of carbonyl (C=O) groups excluding carboxylic acids is 2. The molecule has 0 saturated carbocycles. The Balaban J connectivity index is 1.64. The van der Waals surface area contributed by atoms with Crippen LogP contribution in [0.5, 0.6) is 0 Å².